The van der Waals surface area contributed by atoms with Crippen LogP contribution in [-0.4, -0.2) is 46.1 Å². The molecule has 0 saturated carbocycles. The summed E-state index contributed by atoms with van der Waals surface area (Å²) in [5.74, 6) is 0.952. The lowest BCUT2D eigenvalue weighted by Gasteiger charge is -2.37. The first-order valence-corrected chi connectivity index (χ1v) is 7.93. The first-order valence-electron chi connectivity index (χ1n) is 7.93. The lowest BCUT2D eigenvalue weighted by molar-refractivity contribution is 0.647. The number of fused-ring (bicyclic) bond motifs is 1. The predicted molar refractivity (Wildman–Crippen MR) is 92.0 cm³/mol. The van der Waals surface area contributed by atoms with E-state index in [9.17, 15) is 0 Å². The van der Waals surface area contributed by atoms with Gasteiger partial charge in [-0.15, -0.1) is 0 Å². The summed E-state index contributed by atoms with van der Waals surface area (Å²) in [4.78, 5) is 20.8. The molecule has 1 aromatic carbocycles. The standard InChI is InChI=1S/C17H20N6/c1-12-3-4-13(2)14(9-12)22-5-7-23(8-6-22)17-15-16(19-10-18-15)20-11-21-17/h3-4,9-11H,5-8H2,1-2H3,(H,18,19,20,21). The van der Waals surface area contributed by atoms with Gasteiger partial charge in [0.25, 0.3) is 0 Å². The average Bonchev–Trinajstić information content (AvgIpc) is 3.06. The molecule has 0 radical (unpaired) electrons. The summed E-state index contributed by atoms with van der Waals surface area (Å²) in [5, 5.41) is 0. The summed E-state index contributed by atoms with van der Waals surface area (Å²) < 4.78 is 0. The van der Waals surface area contributed by atoms with Crippen molar-refractivity contribution >= 4 is 22.7 Å². The zero-order chi connectivity index (χ0) is 15.8. The van der Waals surface area contributed by atoms with Crippen molar-refractivity contribution in [2.45, 2.75) is 13.8 Å². The number of hydrogen-bond acceptors (Lipinski definition) is 5. The van der Waals surface area contributed by atoms with Gasteiger partial charge in [-0.3, -0.25) is 0 Å². The Morgan fingerprint density at radius 1 is 0.957 bits per heavy atom. The minimum Gasteiger partial charge on any atom is -0.368 e. The van der Waals surface area contributed by atoms with Gasteiger partial charge in [0, 0.05) is 31.9 Å². The number of nitrogens with one attached hydrogen (secondary N) is 1. The molecular formula is C17H20N6. The number of aromatic nitrogens is 4. The lowest BCUT2D eigenvalue weighted by Crippen LogP contribution is -2.47. The maximum atomic E-state index is 4.46. The third kappa shape index (κ3) is 2.50. The van der Waals surface area contributed by atoms with Gasteiger partial charge >= 0.3 is 0 Å². The van der Waals surface area contributed by atoms with Crippen LogP contribution in [0.25, 0.3) is 11.2 Å². The van der Waals surface area contributed by atoms with Gasteiger partial charge in [0.1, 0.15) is 11.8 Å². The van der Waals surface area contributed by atoms with Crippen molar-refractivity contribution in [3.63, 3.8) is 0 Å². The van der Waals surface area contributed by atoms with Crippen LogP contribution in [0.15, 0.2) is 30.9 Å². The number of nitrogens with zero attached hydrogens (tertiary/aromatic N) is 5. The van der Waals surface area contributed by atoms with Gasteiger partial charge in [-0.2, -0.15) is 0 Å². The maximum Gasteiger partial charge on any atom is 0.182 e. The van der Waals surface area contributed by atoms with Gasteiger partial charge in [0.15, 0.2) is 11.5 Å². The van der Waals surface area contributed by atoms with Crippen LogP contribution in [0.4, 0.5) is 11.5 Å². The lowest BCUT2D eigenvalue weighted by atomic mass is 10.1. The summed E-state index contributed by atoms with van der Waals surface area (Å²) in [6.07, 6.45) is 3.27. The number of H-pyrrole nitrogens is 1. The van der Waals surface area contributed by atoms with E-state index >= 15 is 0 Å². The molecule has 0 amide bonds. The van der Waals surface area contributed by atoms with Crippen LogP contribution in [0.2, 0.25) is 0 Å². The Kier molecular flexibility index (Phi) is 3.37. The number of anilines is 2. The number of aromatic amines is 1. The second kappa shape index (κ2) is 5.53. The molecule has 118 valence electrons. The Labute approximate surface area is 135 Å². The number of imidazole rings is 1. The van der Waals surface area contributed by atoms with Crippen LogP contribution in [0.1, 0.15) is 11.1 Å². The van der Waals surface area contributed by atoms with Gasteiger partial charge in [0.2, 0.25) is 0 Å². The highest BCUT2D eigenvalue weighted by atomic mass is 15.3. The summed E-state index contributed by atoms with van der Waals surface area (Å²) in [6.45, 7) is 8.19. The minimum atomic E-state index is 0.729. The quantitative estimate of drug-likeness (QED) is 0.787. The zero-order valence-corrected chi connectivity index (χ0v) is 13.5. The van der Waals surface area contributed by atoms with E-state index in [0.717, 1.165) is 43.2 Å². The number of aryl methyl sites for hydroxylation is 2. The van der Waals surface area contributed by atoms with Crippen molar-refractivity contribution < 1.29 is 0 Å². The molecule has 6 heteroatoms. The molecule has 6 nitrogen and oxygen atoms in total. The molecule has 4 rings (SSSR count). The fourth-order valence-corrected chi connectivity index (χ4v) is 3.21. The molecule has 3 heterocycles. The second-order valence-corrected chi connectivity index (χ2v) is 6.06. The van der Waals surface area contributed by atoms with E-state index < -0.39 is 0 Å². The molecule has 1 N–H and O–H groups in total. The molecule has 1 fully saturated rings. The number of hydrogen-bond donors (Lipinski definition) is 1. The van der Waals surface area contributed by atoms with Crippen LogP contribution >= 0.6 is 0 Å². The third-order valence-electron chi connectivity index (χ3n) is 4.49. The van der Waals surface area contributed by atoms with Crippen LogP contribution in [0.3, 0.4) is 0 Å². The van der Waals surface area contributed by atoms with Crippen molar-refractivity contribution in [3.8, 4) is 0 Å². The van der Waals surface area contributed by atoms with Crippen molar-refractivity contribution in [1.82, 2.24) is 19.9 Å². The van der Waals surface area contributed by atoms with Gasteiger partial charge in [-0.25, -0.2) is 15.0 Å². The monoisotopic (exact) mass is 308 g/mol. The van der Waals surface area contributed by atoms with Crippen LogP contribution < -0.4 is 9.80 Å². The molecule has 23 heavy (non-hydrogen) atoms. The van der Waals surface area contributed by atoms with Crippen molar-refractivity contribution in [2.75, 3.05) is 36.0 Å². The Morgan fingerprint density at radius 3 is 2.57 bits per heavy atom. The molecule has 0 spiro atoms. The van der Waals surface area contributed by atoms with Gasteiger partial charge in [0.05, 0.1) is 6.33 Å². The molecule has 1 aliphatic rings. The Bertz CT molecular complexity index is 832. The summed E-state index contributed by atoms with van der Waals surface area (Å²) in [5.41, 5.74) is 5.64. The molecule has 0 bridgehead atoms. The molecular weight excluding hydrogens is 288 g/mol. The average molecular weight is 308 g/mol. The highest BCUT2D eigenvalue weighted by molar-refractivity contribution is 5.82. The van der Waals surface area contributed by atoms with Gasteiger partial charge < -0.3 is 14.8 Å². The minimum absolute atomic E-state index is 0.729. The van der Waals surface area contributed by atoms with E-state index in [1.165, 1.54) is 16.8 Å². The first-order chi connectivity index (χ1) is 11.2. The van der Waals surface area contributed by atoms with E-state index in [1.807, 2.05) is 0 Å². The topological polar surface area (TPSA) is 60.9 Å². The van der Waals surface area contributed by atoms with E-state index in [4.69, 9.17) is 0 Å². The Balaban J connectivity index is 1.55. The van der Waals surface area contributed by atoms with Gasteiger partial charge in [-0.1, -0.05) is 12.1 Å². The van der Waals surface area contributed by atoms with E-state index in [1.54, 1.807) is 12.7 Å². The maximum absolute atomic E-state index is 4.46. The summed E-state index contributed by atoms with van der Waals surface area (Å²) in [6, 6.07) is 6.66. The van der Waals surface area contributed by atoms with Crippen molar-refractivity contribution in [2.24, 2.45) is 0 Å². The fraction of sp³-hybridized carbons (Fsp3) is 0.353. The smallest absolute Gasteiger partial charge is 0.182 e. The van der Waals surface area contributed by atoms with Gasteiger partial charge in [-0.05, 0) is 31.0 Å². The normalized spacial score (nSPS) is 15.4. The summed E-state index contributed by atoms with van der Waals surface area (Å²) in [7, 11) is 0. The summed E-state index contributed by atoms with van der Waals surface area (Å²) >= 11 is 0. The number of piperazine rings is 1. The highest BCUT2D eigenvalue weighted by Crippen LogP contribution is 2.25. The molecule has 1 aliphatic heterocycles. The molecule has 0 unspecified atom stereocenters. The van der Waals surface area contributed by atoms with E-state index in [-0.39, 0.29) is 0 Å². The molecule has 1 saturated heterocycles. The van der Waals surface area contributed by atoms with Crippen molar-refractivity contribution in [3.05, 3.63) is 42.0 Å². The largest absolute Gasteiger partial charge is 0.368 e. The van der Waals surface area contributed by atoms with Crippen LogP contribution in [0, 0.1) is 13.8 Å². The molecule has 0 aliphatic carbocycles. The highest BCUT2D eigenvalue weighted by Gasteiger charge is 2.21. The molecule has 2 aromatic heterocycles. The Hall–Kier alpha value is -2.63. The van der Waals surface area contributed by atoms with E-state index in [0.29, 0.717) is 0 Å². The molecule has 3 aromatic rings. The first kappa shape index (κ1) is 14.0. The zero-order valence-electron chi connectivity index (χ0n) is 13.5. The van der Waals surface area contributed by atoms with Crippen LogP contribution in [0.5, 0.6) is 0 Å². The number of benzene rings is 1. The van der Waals surface area contributed by atoms with Crippen molar-refractivity contribution in [1.29, 1.82) is 0 Å². The SMILES string of the molecule is Cc1ccc(C)c(N2CCN(c3ncnc4nc[nH]c34)CC2)c1. The third-order valence-corrected chi connectivity index (χ3v) is 4.49. The predicted octanol–water partition coefficient (Wildman–Crippen LogP) is 2.30. The van der Waals surface area contributed by atoms with E-state index in [2.05, 4.69) is 61.8 Å². The molecule has 0 atom stereocenters. The Morgan fingerprint density at radius 2 is 1.74 bits per heavy atom. The second-order valence-electron chi connectivity index (χ2n) is 6.06. The number of rotatable bonds is 2. The van der Waals surface area contributed by atoms with Crippen LogP contribution in [-0.2, 0) is 0 Å². The fourth-order valence-electron chi connectivity index (χ4n) is 3.21.